The van der Waals surface area contributed by atoms with Gasteiger partial charge in [0.2, 0.25) is 0 Å². The molecule has 0 aliphatic rings. The quantitative estimate of drug-likeness (QED) is 0.401. The topological polar surface area (TPSA) is 24.7 Å². The summed E-state index contributed by atoms with van der Waals surface area (Å²) < 4.78 is 0. The van der Waals surface area contributed by atoms with E-state index in [1.807, 2.05) is 0 Å². The summed E-state index contributed by atoms with van der Waals surface area (Å²) in [5, 5.41) is 7.93. The van der Waals surface area contributed by atoms with Gasteiger partial charge in [-0.25, -0.2) is 0 Å². The Morgan fingerprint density at radius 2 is 1.56 bits per heavy atom. The first kappa shape index (κ1) is 8.60. The van der Waals surface area contributed by atoms with Crippen LogP contribution in [0.4, 0.5) is 0 Å². The SMILES string of the molecule is CCCCN=NCCC. The lowest BCUT2D eigenvalue weighted by atomic mass is 10.3. The van der Waals surface area contributed by atoms with E-state index in [4.69, 9.17) is 0 Å². The van der Waals surface area contributed by atoms with Crippen molar-refractivity contribution in [3.8, 4) is 0 Å². The van der Waals surface area contributed by atoms with Crippen molar-refractivity contribution in [2.75, 3.05) is 13.1 Å². The van der Waals surface area contributed by atoms with E-state index in [-0.39, 0.29) is 0 Å². The molecule has 0 bridgehead atoms. The van der Waals surface area contributed by atoms with Crippen molar-refractivity contribution in [2.24, 2.45) is 10.2 Å². The summed E-state index contributed by atoms with van der Waals surface area (Å²) in [7, 11) is 0. The molecule has 2 nitrogen and oxygen atoms in total. The minimum atomic E-state index is 0.893. The molecule has 0 heterocycles. The zero-order valence-corrected chi connectivity index (χ0v) is 6.43. The molecule has 0 aliphatic carbocycles. The van der Waals surface area contributed by atoms with E-state index in [0.717, 1.165) is 19.5 Å². The minimum absolute atomic E-state index is 0.893. The molecule has 0 saturated heterocycles. The second kappa shape index (κ2) is 7.60. The molecule has 0 rings (SSSR count). The van der Waals surface area contributed by atoms with E-state index >= 15 is 0 Å². The Labute approximate surface area is 57.4 Å². The first-order valence-corrected chi connectivity index (χ1v) is 3.75. The van der Waals surface area contributed by atoms with Crippen molar-refractivity contribution in [1.82, 2.24) is 0 Å². The monoisotopic (exact) mass is 128 g/mol. The highest BCUT2D eigenvalue weighted by Gasteiger charge is 1.77. The molecule has 0 amide bonds. The van der Waals surface area contributed by atoms with Crippen LogP contribution in [0.1, 0.15) is 33.1 Å². The summed E-state index contributed by atoms with van der Waals surface area (Å²) in [6.07, 6.45) is 3.49. The van der Waals surface area contributed by atoms with Crippen molar-refractivity contribution >= 4 is 0 Å². The molecule has 0 spiro atoms. The average Bonchev–Trinajstić information content (AvgIpc) is 1.89. The molecule has 0 saturated carbocycles. The predicted molar refractivity (Wildman–Crippen MR) is 39.8 cm³/mol. The van der Waals surface area contributed by atoms with Gasteiger partial charge in [-0.05, 0) is 12.8 Å². The molecular formula is C7H16N2. The predicted octanol–water partition coefficient (Wildman–Crippen LogP) is 2.65. The van der Waals surface area contributed by atoms with E-state index < -0.39 is 0 Å². The molecule has 0 aliphatic heterocycles. The van der Waals surface area contributed by atoms with Crippen LogP contribution in [0, 0.1) is 0 Å². The van der Waals surface area contributed by atoms with E-state index in [2.05, 4.69) is 24.1 Å². The number of nitrogens with zero attached hydrogens (tertiary/aromatic N) is 2. The van der Waals surface area contributed by atoms with Crippen LogP contribution >= 0.6 is 0 Å². The van der Waals surface area contributed by atoms with E-state index in [9.17, 15) is 0 Å². The molecule has 0 aromatic rings. The molecule has 54 valence electrons. The van der Waals surface area contributed by atoms with Gasteiger partial charge in [-0.3, -0.25) is 0 Å². The minimum Gasteiger partial charge on any atom is -0.194 e. The molecule has 0 aromatic carbocycles. The summed E-state index contributed by atoms with van der Waals surface area (Å²) >= 11 is 0. The van der Waals surface area contributed by atoms with Gasteiger partial charge in [-0.1, -0.05) is 20.3 Å². The van der Waals surface area contributed by atoms with Gasteiger partial charge in [0.15, 0.2) is 0 Å². The third-order valence-electron chi connectivity index (χ3n) is 1.04. The molecule has 0 fully saturated rings. The Balaban J connectivity index is 2.86. The average molecular weight is 128 g/mol. The molecule has 0 unspecified atom stereocenters. The van der Waals surface area contributed by atoms with Crippen LogP contribution in [-0.2, 0) is 0 Å². The van der Waals surface area contributed by atoms with Crippen LogP contribution in [0.25, 0.3) is 0 Å². The van der Waals surface area contributed by atoms with Gasteiger partial charge in [0, 0.05) is 0 Å². The lowest BCUT2D eigenvalue weighted by molar-refractivity contribution is 0.744. The summed E-state index contributed by atoms with van der Waals surface area (Å²) in [4.78, 5) is 0. The lowest BCUT2D eigenvalue weighted by Gasteiger charge is -1.86. The Bertz CT molecular complexity index is 69.3. The number of rotatable bonds is 5. The molecule has 9 heavy (non-hydrogen) atoms. The molecule has 0 N–H and O–H groups in total. The molecular weight excluding hydrogens is 112 g/mol. The highest BCUT2D eigenvalue weighted by Crippen LogP contribution is 1.88. The zero-order valence-electron chi connectivity index (χ0n) is 6.43. The van der Waals surface area contributed by atoms with Crippen LogP contribution in [-0.4, -0.2) is 13.1 Å². The number of unbranched alkanes of at least 4 members (excludes halogenated alkanes) is 1. The number of hydrogen-bond donors (Lipinski definition) is 0. The third-order valence-corrected chi connectivity index (χ3v) is 1.04. The van der Waals surface area contributed by atoms with Gasteiger partial charge in [0.05, 0.1) is 13.1 Å². The smallest absolute Gasteiger partial charge is 0.0598 e. The normalized spacial score (nSPS) is 10.9. The van der Waals surface area contributed by atoms with Gasteiger partial charge in [0.1, 0.15) is 0 Å². The van der Waals surface area contributed by atoms with E-state index in [0.29, 0.717) is 0 Å². The lowest BCUT2D eigenvalue weighted by Crippen LogP contribution is -1.78. The van der Waals surface area contributed by atoms with Crippen molar-refractivity contribution in [1.29, 1.82) is 0 Å². The zero-order chi connectivity index (χ0) is 6.95. The highest BCUT2D eigenvalue weighted by atomic mass is 15.1. The summed E-state index contributed by atoms with van der Waals surface area (Å²) in [6, 6.07) is 0. The molecule has 0 aromatic heterocycles. The second-order valence-corrected chi connectivity index (χ2v) is 2.08. The second-order valence-electron chi connectivity index (χ2n) is 2.08. The maximum absolute atomic E-state index is 3.98. The van der Waals surface area contributed by atoms with E-state index in [1.54, 1.807) is 0 Å². The van der Waals surface area contributed by atoms with Gasteiger partial charge in [0.25, 0.3) is 0 Å². The number of hydrogen-bond acceptors (Lipinski definition) is 2. The van der Waals surface area contributed by atoms with Crippen molar-refractivity contribution in [3.05, 3.63) is 0 Å². The largest absolute Gasteiger partial charge is 0.194 e. The molecule has 2 heteroatoms. The Morgan fingerprint density at radius 1 is 0.889 bits per heavy atom. The van der Waals surface area contributed by atoms with Crippen molar-refractivity contribution in [3.63, 3.8) is 0 Å². The van der Waals surface area contributed by atoms with Gasteiger partial charge < -0.3 is 0 Å². The van der Waals surface area contributed by atoms with Crippen LogP contribution in [0.3, 0.4) is 0 Å². The standard InChI is InChI=1S/C7H16N2/c1-3-5-7-9-8-6-4-2/h3-7H2,1-2H3. The fourth-order valence-electron chi connectivity index (χ4n) is 0.470. The maximum Gasteiger partial charge on any atom is 0.0598 e. The fourth-order valence-corrected chi connectivity index (χ4v) is 0.470. The highest BCUT2D eigenvalue weighted by molar-refractivity contribution is 4.39. The van der Waals surface area contributed by atoms with Crippen molar-refractivity contribution in [2.45, 2.75) is 33.1 Å². The Hall–Kier alpha value is -0.400. The van der Waals surface area contributed by atoms with Gasteiger partial charge >= 0.3 is 0 Å². The molecule has 0 radical (unpaired) electrons. The van der Waals surface area contributed by atoms with Crippen LogP contribution in [0.2, 0.25) is 0 Å². The van der Waals surface area contributed by atoms with Crippen LogP contribution in [0.15, 0.2) is 10.2 Å². The summed E-state index contributed by atoms with van der Waals surface area (Å²) in [6.45, 7) is 6.08. The fraction of sp³-hybridized carbons (Fsp3) is 1.00. The van der Waals surface area contributed by atoms with Crippen LogP contribution < -0.4 is 0 Å². The summed E-state index contributed by atoms with van der Waals surface area (Å²) in [5.74, 6) is 0. The third kappa shape index (κ3) is 7.60. The number of azo groups is 1. The van der Waals surface area contributed by atoms with Crippen molar-refractivity contribution < 1.29 is 0 Å². The Kier molecular flexibility index (Phi) is 7.26. The van der Waals surface area contributed by atoms with Gasteiger partial charge in [-0.15, -0.1) is 0 Å². The first-order valence-electron chi connectivity index (χ1n) is 3.75. The van der Waals surface area contributed by atoms with Gasteiger partial charge in [-0.2, -0.15) is 10.2 Å². The maximum atomic E-state index is 3.98. The van der Waals surface area contributed by atoms with Crippen LogP contribution in [0.5, 0.6) is 0 Å². The Morgan fingerprint density at radius 3 is 2.11 bits per heavy atom. The first-order chi connectivity index (χ1) is 4.41. The van der Waals surface area contributed by atoms with E-state index in [1.165, 1.54) is 12.8 Å². The summed E-state index contributed by atoms with van der Waals surface area (Å²) in [5.41, 5.74) is 0. The molecule has 0 atom stereocenters.